The minimum atomic E-state index is 0.326. The molecule has 1 atom stereocenters. The van der Waals surface area contributed by atoms with E-state index < -0.39 is 0 Å². The van der Waals surface area contributed by atoms with Crippen LogP contribution in [0.3, 0.4) is 0 Å². The third-order valence-corrected chi connectivity index (χ3v) is 4.84. The molecule has 21 heavy (non-hydrogen) atoms. The number of hydrogen-bond acceptors (Lipinski definition) is 4. The van der Waals surface area contributed by atoms with Crippen molar-refractivity contribution in [2.75, 3.05) is 45.9 Å². The lowest BCUT2D eigenvalue weighted by Gasteiger charge is -2.43. The highest BCUT2D eigenvalue weighted by molar-refractivity contribution is 5.08. The van der Waals surface area contributed by atoms with Crippen molar-refractivity contribution in [1.29, 1.82) is 0 Å². The van der Waals surface area contributed by atoms with Crippen LogP contribution in [0.1, 0.15) is 25.3 Å². The molecule has 0 N–H and O–H groups in total. The van der Waals surface area contributed by atoms with Crippen LogP contribution in [0.15, 0.2) is 24.5 Å². The molecule has 0 aromatic carbocycles. The molecule has 0 amide bonds. The van der Waals surface area contributed by atoms with Crippen LogP contribution >= 0.6 is 0 Å². The standard InChI is InChI=1S/C17H27N3O/c1-2-19-9-10-21-15-17(13-19)6-4-8-20(14-17)12-16-5-3-7-18-11-16/h3,5,7,11H,2,4,6,8-10,12-15H2,1H3/t17-/m1/s1. The van der Waals surface area contributed by atoms with Crippen molar-refractivity contribution >= 4 is 0 Å². The van der Waals surface area contributed by atoms with E-state index in [2.05, 4.69) is 27.8 Å². The first-order valence-electron chi connectivity index (χ1n) is 8.21. The molecule has 0 saturated carbocycles. The van der Waals surface area contributed by atoms with E-state index in [1.165, 1.54) is 31.5 Å². The average molecular weight is 289 g/mol. The lowest BCUT2D eigenvalue weighted by atomic mass is 9.80. The number of likely N-dealkylation sites (tertiary alicyclic amines) is 1. The maximum atomic E-state index is 5.94. The highest BCUT2D eigenvalue weighted by Crippen LogP contribution is 2.33. The van der Waals surface area contributed by atoms with E-state index in [1.807, 2.05) is 18.5 Å². The molecular weight excluding hydrogens is 262 g/mol. The van der Waals surface area contributed by atoms with Gasteiger partial charge in [-0.25, -0.2) is 0 Å². The lowest BCUT2D eigenvalue weighted by molar-refractivity contribution is 0.00330. The summed E-state index contributed by atoms with van der Waals surface area (Å²) in [6, 6.07) is 4.21. The molecule has 3 heterocycles. The van der Waals surface area contributed by atoms with Gasteiger partial charge in [-0.2, -0.15) is 0 Å². The van der Waals surface area contributed by atoms with Crippen molar-refractivity contribution in [1.82, 2.24) is 14.8 Å². The molecule has 4 nitrogen and oxygen atoms in total. The van der Waals surface area contributed by atoms with Gasteiger partial charge in [-0.3, -0.25) is 9.88 Å². The summed E-state index contributed by atoms with van der Waals surface area (Å²) in [5, 5.41) is 0. The van der Waals surface area contributed by atoms with Crippen molar-refractivity contribution in [2.24, 2.45) is 5.41 Å². The summed E-state index contributed by atoms with van der Waals surface area (Å²) in [7, 11) is 0. The van der Waals surface area contributed by atoms with E-state index >= 15 is 0 Å². The van der Waals surface area contributed by atoms with Gasteiger partial charge in [0, 0.05) is 44.0 Å². The topological polar surface area (TPSA) is 28.6 Å². The fourth-order valence-electron chi connectivity index (χ4n) is 3.79. The number of pyridine rings is 1. The Labute approximate surface area is 128 Å². The Morgan fingerprint density at radius 3 is 3.00 bits per heavy atom. The Morgan fingerprint density at radius 1 is 1.29 bits per heavy atom. The summed E-state index contributed by atoms with van der Waals surface area (Å²) in [6.45, 7) is 10.8. The molecule has 1 aromatic heterocycles. The maximum Gasteiger partial charge on any atom is 0.0593 e. The number of hydrogen-bond donors (Lipinski definition) is 0. The predicted molar refractivity (Wildman–Crippen MR) is 84.1 cm³/mol. The Hall–Kier alpha value is -0.970. The normalized spacial score (nSPS) is 28.6. The monoisotopic (exact) mass is 289 g/mol. The first-order chi connectivity index (χ1) is 10.3. The summed E-state index contributed by atoms with van der Waals surface area (Å²) < 4.78 is 5.94. The van der Waals surface area contributed by atoms with Gasteiger partial charge in [0.25, 0.3) is 0 Å². The van der Waals surface area contributed by atoms with Gasteiger partial charge in [0.15, 0.2) is 0 Å². The number of ether oxygens (including phenoxy) is 1. The maximum absolute atomic E-state index is 5.94. The first kappa shape index (κ1) is 14.9. The van der Waals surface area contributed by atoms with E-state index in [-0.39, 0.29) is 0 Å². The van der Waals surface area contributed by atoms with Crippen LogP contribution in [0.5, 0.6) is 0 Å². The Kier molecular flexibility index (Phi) is 4.88. The van der Waals surface area contributed by atoms with Crippen LogP contribution < -0.4 is 0 Å². The quantitative estimate of drug-likeness (QED) is 0.851. The second-order valence-electron chi connectivity index (χ2n) is 6.60. The SMILES string of the molecule is CCN1CCOC[C@]2(CCCN(Cc3cccnc3)C2)C1. The van der Waals surface area contributed by atoms with Gasteiger partial charge in [0.2, 0.25) is 0 Å². The van der Waals surface area contributed by atoms with E-state index in [0.717, 1.165) is 39.4 Å². The summed E-state index contributed by atoms with van der Waals surface area (Å²) in [5.74, 6) is 0. The van der Waals surface area contributed by atoms with Crippen molar-refractivity contribution in [2.45, 2.75) is 26.3 Å². The molecule has 2 fully saturated rings. The molecule has 0 radical (unpaired) electrons. The second-order valence-corrected chi connectivity index (χ2v) is 6.60. The largest absolute Gasteiger partial charge is 0.379 e. The lowest BCUT2D eigenvalue weighted by Crippen LogP contribution is -2.50. The van der Waals surface area contributed by atoms with Crippen molar-refractivity contribution in [3.63, 3.8) is 0 Å². The zero-order valence-electron chi connectivity index (χ0n) is 13.1. The number of nitrogens with zero attached hydrogens (tertiary/aromatic N) is 3. The van der Waals surface area contributed by atoms with Crippen LogP contribution in [0.25, 0.3) is 0 Å². The van der Waals surface area contributed by atoms with E-state index in [4.69, 9.17) is 4.74 Å². The number of piperidine rings is 1. The van der Waals surface area contributed by atoms with Gasteiger partial charge < -0.3 is 9.64 Å². The summed E-state index contributed by atoms with van der Waals surface area (Å²) in [6.07, 6.45) is 6.41. The van der Waals surface area contributed by atoms with Gasteiger partial charge in [0.1, 0.15) is 0 Å². The number of rotatable bonds is 3. The first-order valence-corrected chi connectivity index (χ1v) is 8.21. The van der Waals surface area contributed by atoms with Gasteiger partial charge in [-0.1, -0.05) is 13.0 Å². The summed E-state index contributed by atoms with van der Waals surface area (Å²) in [5.41, 5.74) is 1.64. The highest BCUT2D eigenvalue weighted by atomic mass is 16.5. The summed E-state index contributed by atoms with van der Waals surface area (Å²) >= 11 is 0. The molecule has 0 unspecified atom stereocenters. The third kappa shape index (κ3) is 3.82. The highest BCUT2D eigenvalue weighted by Gasteiger charge is 2.38. The zero-order valence-corrected chi connectivity index (χ0v) is 13.1. The minimum absolute atomic E-state index is 0.326. The zero-order chi connectivity index (χ0) is 14.5. The molecule has 2 aliphatic heterocycles. The van der Waals surface area contributed by atoms with Crippen LogP contribution in [-0.4, -0.2) is 60.7 Å². The molecule has 0 bridgehead atoms. The van der Waals surface area contributed by atoms with Crippen LogP contribution in [0.4, 0.5) is 0 Å². The molecule has 4 heteroatoms. The fraction of sp³-hybridized carbons (Fsp3) is 0.706. The second kappa shape index (κ2) is 6.86. The van der Waals surface area contributed by atoms with E-state index in [1.54, 1.807) is 0 Å². The smallest absolute Gasteiger partial charge is 0.0593 e. The van der Waals surface area contributed by atoms with Crippen molar-refractivity contribution in [3.8, 4) is 0 Å². The predicted octanol–water partition coefficient (Wildman–Crippen LogP) is 2.02. The third-order valence-electron chi connectivity index (χ3n) is 4.84. The van der Waals surface area contributed by atoms with E-state index in [0.29, 0.717) is 5.41 Å². The molecular formula is C17H27N3O. The molecule has 1 aromatic rings. The van der Waals surface area contributed by atoms with Crippen LogP contribution in [0.2, 0.25) is 0 Å². The van der Waals surface area contributed by atoms with Crippen molar-refractivity contribution < 1.29 is 4.74 Å². The fourth-order valence-corrected chi connectivity index (χ4v) is 3.79. The molecule has 2 saturated heterocycles. The van der Waals surface area contributed by atoms with Crippen LogP contribution in [-0.2, 0) is 11.3 Å². The van der Waals surface area contributed by atoms with Crippen LogP contribution in [0, 0.1) is 5.41 Å². The van der Waals surface area contributed by atoms with Gasteiger partial charge in [0.05, 0.1) is 13.2 Å². The molecule has 1 spiro atoms. The van der Waals surface area contributed by atoms with E-state index in [9.17, 15) is 0 Å². The number of likely N-dealkylation sites (N-methyl/N-ethyl adjacent to an activating group) is 1. The molecule has 116 valence electrons. The Morgan fingerprint density at radius 2 is 2.19 bits per heavy atom. The van der Waals surface area contributed by atoms with Gasteiger partial charge in [-0.15, -0.1) is 0 Å². The molecule has 2 aliphatic rings. The van der Waals surface area contributed by atoms with Gasteiger partial charge >= 0.3 is 0 Å². The Balaban J connectivity index is 1.66. The number of aromatic nitrogens is 1. The molecule has 3 rings (SSSR count). The Bertz CT molecular complexity index is 439. The van der Waals surface area contributed by atoms with Crippen molar-refractivity contribution in [3.05, 3.63) is 30.1 Å². The van der Waals surface area contributed by atoms with Gasteiger partial charge in [-0.05, 0) is 37.6 Å². The molecule has 0 aliphatic carbocycles. The summed E-state index contributed by atoms with van der Waals surface area (Å²) in [4.78, 5) is 9.38. The average Bonchev–Trinajstić information content (AvgIpc) is 2.71. The minimum Gasteiger partial charge on any atom is -0.379 e.